The summed E-state index contributed by atoms with van der Waals surface area (Å²) < 4.78 is 5.44. The number of fused-ring (bicyclic) bond motifs is 1. The molecule has 1 aromatic heterocycles. The zero-order valence-electron chi connectivity index (χ0n) is 15.4. The fourth-order valence-electron chi connectivity index (χ4n) is 3.17. The van der Waals surface area contributed by atoms with E-state index < -0.39 is 0 Å². The van der Waals surface area contributed by atoms with Gasteiger partial charge in [-0.25, -0.2) is 4.98 Å². The second-order valence-electron chi connectivity index (χ2n) is 6.97. The molecule has 1 N–H and O–H groups in total. The largest absolute Gasteiger partial charge is 0.494 e. The van der Waals surface area contributed by atoms with Crippen molar-refractivity contribution in [2.45, 2.75) is 39.2 Å². The molecule has 1 aliphatic heterocycles. The third-order valence-electron chi connectivity index (χ3n) is 4.85. The smallest absolute Gasteiger partial charge is 0.229 e. The topological polar surface area (TPSA) is 71.5 Å². The molecule has 0 unspecified atom stereocenters. The number of ether oxygens (including phenoxy) is 1. The summed E-state index contributed by atoms with van der Waals surface area (Å²) in [5.41, 5.74) is 1.99. The van der Waals surface area contributed by atoms with Crippen LogP contribution in [0.5, 0.6) is 5.75 Å². The normalized spacial score (nSPS) is 16.0. The van der Waals surface area contributed by atoms with Crippen molar-refractivity contribution in [2.24, 2.45) is 5.92 Å². The summed E-state index contributed by atoms with van der Waals surface area (Å²) in [6, 6.07) is 7.68. The van der Waals surface area contributed by atoms with E-state index >= 15 is 0 Å². The minimum atomic E-state index is 0.0736. The van der Waals surface area contributed by atoms with Crippen LogP contribution in [0.3, 0.4) is 0 Å². The van der Waals surface area contributed by atoms with Crippen LogP contribution in [0, 0.1) is 5.92 Å². The summed E-state index contributed by atoms with van der Waals surface area (Å²) in [5.74, 6) is 1.17. The van der Waals surface area contributed by atoms with Crippen LogP contribution < -0.4 is 10.1 Å². The van der Waals surface area contributed by atoms with Gasteiger partial charge in [0.2, 0.25) is 11.8 Å². The molecule has 2 aliphatic rings. The van der Waals surface area contributed by atoms with Gasteiger partial charge in [-0.3, -0.25) is 9.59 Å². The van der Waals surface area contributed by atoms with Crippen molar-refractivity contribution in [3.05, 3.63) is 40.4 Å². The Kier molecular flexibility index (Phi) is 5.11. The number of nitrogens with one attached hydrogen (secondary N) is 1. The van der Waals surface area contributed by atoms with E-state index in [0.717, 1.165) is 41.1 Å². The van der Waals surface area contributed by atoms with Gasteiger partial charge < -0.3 is 15.0 Å². The second kappa shape index (κ2) is 7.68. The maximum absolute atomic E-state index is 12.7. The van der Waals surface area contributed by atoms with Crippen LogP contribution in [-0.2, 0) is 29.0 Å². The minimum absolute atomic E-state index is 0.0736. The molecule has 27 heavy (non-hydrogen) atoms. The molecule has 1 fully saturated rings. The van der Waals surface area contributed by atoms with Crippen LogP contribution in [0.1, 0.15) is 35.9 Å². The average molecular weight is 385 g/mol. The predicted molar refractivity (Wildman–Crippen MR) is 104 cm³/mol. The summed E-state index contributed by atoms with van der Waals surface area (Å²) >= 11 is 1.49. The first-order chi connectivity index (χ1) is 13.1. The molecule has 2 amide bonds. The fraction of sp³-hybridized carbons (Fsp3) is 0.450. The highest BCUT2D eigenvalue weighted by atomic mass is 32.1. The number of hydrogen-bond acceptors (Lipinski definition) is 5. The molecule has 0 spiro atoms. The van der Waals surface area contributed by atoms with Crippen LogP contribution >= 0.6 is 11.3 Å². The molecule has 1 aromatic carbocycles. The fourth-order valence-corrected chi connectivity index (χ4v) is 4.20. The Hall–Kier alpha value is -2.41. The predicted octanol–water partition coefficient (Wildman–Crippen LogP) is 3.02. The maximum Gasteiger partial charge on any atom is 0.229 e. The molecule has 0 atom stereocenters. The van der Waals surface area contributed by atoms with Gasteiger partial charge in [0.25, 0.3) is 0 Å². The number of aromatic nitrogens is 1. The summed E-state index contributed by atoms with van der Waals surface area (Å²) in [4.78, 5) is 32.1. The van der Waals surface area contributed by atoms with E-state index in [4.69, 9.17) is 4.74 Å². The van der Waals surface area contributed by atoms with Crippen molar-refractivity contribution in [1.82, 2.24) is 9.88 Å². The number of thiazole rings is 1. The van der Waals surface area contributed by atoms with Crippen molar-refractivity contribution < 1.29 is 14.3 Å². The van der Waals surface area contributed by atoms with Gasteiger partial charge in [0.05, 0.1) is 25.3 Å². The number of nitrogens with zero attached hydrogens (tertiary/aromatic N) is 2. The third kappa shape index (κ3) is 4.30. The third-order valence-corrected chi connectivity index (χ3v) is 5.85. The summed E-state index contributed by atoms with van der Waals surface area (Å²) in [6.45, 7) is 3.82. The van der Waals surface area contributed by atoms with Crippen molar-refractivity contribution in [3.63, 3.8) is 0 Å². The molecule has 2 aromatic rings. The van der Waals surface area contributed by atoms with Gasteiger partial charge in [-0.15, -0.1) is 0 Å². The number of rotatable bonds is 6. The molecule has 1 saturated carbocycles. The molecule has 142 valence electrons. The van der Waals surface area contributed by atoms with Gasteiger partial charge in [-0.2, -0.15) is 0 Å². The molecule has 0 radical (unpaired) electrons. The molecule has 6 nitrogen and oxygen atoms in total. The van der Waals surface area contributed by atoms with E-state index in [2.05, 4.69) is 10.3 Å². The lowest BCUT2D eigenvalue weighted by molar-refractivity contribution is -0.131. The first kappa shape index (κ1) is 18.0. The molecule has 7 heteroatoms. The van der Waals surface area contributed by atoms with E-state index in [9.17, 15) is 9.59 Å². The van der Waals surface area contributed by atoms with Crippen LogP contribution in [0.4, 0.5) is 5.13 Å². The molecular formula is C20H23N3O3S. The van der Waals surface area contributed by atoms with Gasteiger partial charge in [0, 0.05) is 23.8 Å². The Morgan fingerprint density at radius 3 is 2.78 bits per heavy atom. The lowest BCUT2D eigenvalue weighted by Crippen LogP contribution is -2.36. The van der Waals surface area contributed by atoms with Crippen molar-refractivity contribution in [3.8, 4) is 5.75 Å². The number of amides is 2. The van der Waals surface area contributed by atoms with Crippen molar-refractivity contribution in [2.75, 3.05) is 18.5 Å². The highest BCUT2D eigenvalue weighted by molar-refractivity contribution is 7.15. The monoisotopic (exact) mass is 385 g/mol. The SMILES string of the molecule is CCOc1ccc(CC(=O)N2CCc3nc(NC(=O)C4CC4)sc3C2)cc1. The van der Waals surface area contributed by atoms with E-state index in [1.54, 1.807) is 0 Å². The highest BCUT2D eigenvalue weighted by Crippen LogP contribution is 2.33. The van der Waals surface area contributed by atoms with Crippen molar-refractivity contribution in [1.29, 1.82) is 0 Å². The van der Waals surface area contributed by atoms with E-state index in [1.807, 2.05) is 36.1 Å². The van der Waals surface area contributed by atoms with E-state index in [1.165, 1.54) is 11.3 Å². The maximum atomic E-state index is 12.7. The Balaban J connectivity index is 1.36. The van der Waals surface area contributed by atoms with Gasteiger partial charge in [0.15, 0.2) is 5.13 Å². The standard InChI is InChI=1S/C20H23N3O3S/c1-2-26-15-7-3-13(4-8-15)11-18(24)23-10-9-16-17(12-23)27-20(21-16)22-19(25)14-5-6-14/h3-4,7-8,14H,2,5-6,9-12H2,1H3,(H,21,22,25). The lowest BCUT2D eigenvalue weighted by Gasteiger charge is -2.26. The molecule has 0 bridgehead atoms. The first-order valence-corrected chi connectivity index (χ1v) is 10.2. The van der Waals surface area contributed by atoms with Crippen LogP contribution in [-0.4, -0.2) is 34.8 Å². The number of benzene rings is 1. The van der Waals surface area contributed by atoms with Gasteiger partial charge in [0.1, 0.15) is 5.75 Å². The Morgan fingerprint density at radius 2 is 2.07 bits per heavy atom. The second-order valence-corrected chi connectivity index (χ2v) is 8.06. The first-order valence-electron chi connectivity index (χ1n) is 9.41. The van der Waals surface area contributed by atoms with E-state index in [0.29, 0.717) is 31.2 Å². The van der Waals surface area contributed by atoms with Crippen molar-refractivity contribution >= 4 is 28.3 Å². The molecular weight excluding hydrogens is 362 g/mol. The summed E-state index contributed by atoms with van der Waals surface area (Å²) in [6.07, 6.45) is 3.07. The Morgan fingerprint density at radius 1 is 1.30 bits per heavy atom. The Labute approximate surface area is 162 Å². The van der Waals surface area contributed by atoms with Crippen LogP contribution in [0.25, 0.3) is 0 Å². The Bertz CT molecular complexity index is 843. The molecule has 0 saturated heterocycles. The summed E-state index contributed by atoms with van der Waals surface area (Å²) in [7, 11) is 0. The summed E-state index contributed by atoms with van der Waals surface area (Å²) in [5, 5.41) is 3.58. The number of carbonyl (C=O) groups is 2. The van der Waals surface area contributed by atoms with Gasteiger partial charge in [-0.05, 0) is 37.5 Å². The number of anilines is 1. The zero-order chi connectivity index (χ0) is 18.8. The average Bonchev–Trinajstić information content (AvgIpc) is 3.44. The van der Waals surface area contributed by atoms with Gasteiger partial charge in [-0.1, -0.05) is 23.5 Å². The van der Waals surface area contributed by atoms with E-state index in [-0.39, 0.29) is 17.7 Å². The lowest BCUT2D eigenvalue weighted by atomic mass is 10.1. The molecule has 2 heterocycles. The number of carbonyl (C=O) groups excluding carboxylic acids is 2. The molecule has 4 rings (SSSR count). The minimum Gasteiger partial charge on any atom is -0.494 e. The number of hydrogen-bond donors (Lipinski definition) is 1. The van der Waals surface area contributed by atoms with Gasteiger partial charge >= 0.3 is 0 Å². The highest BCUT2D eigenvalue weighted by Gasteiger charge is 2.31. The van der Waals surface area contributed by atoms with Crippen LogP contribution in [0.2, 0.25) is 0 Å². The quantitative estimate of drug-likeness (QED) is 0.830. The zero-order valence-corrected chi connectivity index (χ0v) is 16.2. The molecule has 1 aliphatic carbocycles. The van der Waals surface area contributed by atoms with Crippen LogP contribution in [0.15, 0.2) is 24.3 Å².